The lowest BCUT2D eigenvalue weighted by Gasteiger charge is -2.11. The Morgan fingerprint density at radius 1 is 1.23 bits per heavy atom. The molecule has 0 saturated heterocycles. The van der Waals surface area contributed by atoms with Gasteiger partial charge >= 0.3 is 0 Å². The maximum Gasteiger partial charge on any atom is 0.255 e. The van der Waals surface area contributed by atoms with Crippen molar-refractivity contribution in [3.05, 3.63) is 65.8 Å². The van der Waals surface area contributed by atoms with Crippen LogP contribution in [0.4, 0.5) is 4.39 Å². The number of carbonyl (C=O) groups is 1. The van der Waals surface area contributed by atoms with E-state index in [0.29, 0.717) is 18.1 Å². The summed E-state index contributed by atoms with van der Waals surface area (Å²) < 4.78 is 23.6. The van der Waals surface area contributed by atoms with Crippen molar-refractivity contribution in [3.8, 4) is 17.1 Å². The van der Waals surface area contributed by atoms with Gasteiger partial charge in [0.2, 0.25) is 12.2 Å². The third kappa shape index (κ3) is 4.22. The normalized spacial score (nSPS) is 10.5. The molecule has 3 aromatic rings. The number of aromatic nitrogens is 2. The fourth-order valence-corrected chi connectivity index (χ4v) is 2.32. The number of rotatable bonds is 7. The summed E-state index contributed by atoms with van der Waals surface area (Å²) in [5.41, 5.74) is 7.20. The summed E-state index contributed by atoms with van der Waals surface area (Å²) in [4.78, 5) is 16.4. The lowest BCUT2D eigenvalue weighted by Crippen LogP contribution is -2.24. The average molecular weight is 356 g/mol. The van der Waals surface area contributed by atoms with Crippen molar-refractivity contribution in [3.63, 3.8) is 0 Å². The highest BCUT2D eigenvalue weighted by Crippen LogP contribution is 2.20. The van der Waals surface area contributed by atoms with E-state index in [-0.39, 0.29) is 18.7 Å². The second kappa shape index (κ2) is 8.21. The van der Waals surface area contributed by atoms with Crippen LogP contribution in [0.3, 0.4) is 0 Å². The van der Waals surface area contributed by atoms with Gasteiger partial charge in [-0.3, -0.25) is 4.79 Å². The molecule has 0 atom stereocenters. The minimum Gasteiger partial charge on any atom is -0.491 e. The Bertz CT molecular complexity index is 867. The molecular weight excluding hydrogens is 339 g/mol. The zero-order valence-corrected chi connectivity index (χ0v) is 13.8. The molecule has 1 amide bonds. The van der Waals surface area contributed by atoms with Gasteiger partial charge in [0.05, 0.1) is 5.56 Å². The van der Waals surface area contributed by atoms with Crippen LogP contribution in [-0.4, -0.2) is 29.2 Å². The highest BCUT2D eigenvalue weighted by molar-refractivity contribution is 5.96. The van der Waals surface area contributed by atoms with Crippen molar-refractivity contribution < 1.29 is 18.4 Å². The number of ether oxygens (including phenoxy) is 1. The van der Waals surface area contributed by atoms with Gasteiger partial charge < -0.3 is 20.3 Å². The van der Waals surface area contributed by atoms with Gasteiger partial charge in [-0.1, -0.05) is 29.4 Å². The SMILES string of the molecule is NCCOc1ccc(F)cc1C(=O)NCc1ccc(-c2ncon2)cc1. The fraction of sp³-hybridized carbons (Fsp3) is 0.167. The van der Waals surface area contributed by atoms with Crippen LogP contribution in [0.5, 0.6) is 5.75 Å². The number of benzene rings is 2. The molecule has 0 aliphatic carbocycles. The quantitative estimate of drug-likeness (QED) is 0.672. The standard InChI is InChI=1S/C18H17FN4O3/c19-14-5-6-16(25-8-7-20)15(9-14)18(24)21-10-12-1-3-13(4-2-12)17-22-11-26-23-17/h1-6,9,11H,7-8,10,20H2,(H,21,24). The van der Waals surface area contributed by atoms with Crippen molar-refractivity contribution in [1.29, 1.82) is 0 Å². The zero-order chi connectivity index (χ0) is 18.4. The molecule has 0 radical (unpaired) electrons. The predicted molar refractivity (Wildman–Crippen MR) is 91.9 cm³/mol. The van der Waals surface area contributed by atoms with Gasteiger partial charge in [-0.15, -0.1) is 0 Å². The van der Waals surface area contributed by atoms with Crippen LogP contribution in [0.1, 0.15) is 15.9 Å². The van der Waals surface area contributed by atoms with Crippen molar-refractivity contribution in [2.75, 3.05) is 13.2 Å². The number of nitrogens with one attached hydrogen (secondary N) is 1. The molecular formula is C18H17FN4O3. The molecule has 2 aromatic carbocycles. The number of nitrogens with two attached hydrogens (primary N) is 1. The van der Waals surface area contributed by atoms with Crippen molar-refractivity contribution in [2.24, 2.45) is 5.73 Å². The minimum atomic E-state index is -0.514. The van der Waals surface area contributed by atoms with E-state index < -0.39 is 11.7 Å². The number of amides is 1. The molecule has 134 valence electrons. The summed E-state index contributed by atoms with van der Waals surface area (Å²) in [7, 11) is 0. The summed E-state index contributed by atoms with van der Waals surface area (Å²) >= 11 is 0. The van der Waals surface area contributed by atoms with Crippen LogP contribution in [0.15, 0.2) is 53.4 Å². The Kier molecular flexibility index (Phi) is 5.55. The molecule has 0 fully saturated rings. The second-order valence-electron chi connectivity index (χ2n) is 5.41. The van der Waals surface area contributed by atoms with Crippen molar-refractivity contribution in [2.45, 2.75) is 6.54 Å². The largest absolute Gasteiger partial charge is 0.491 e. The molecule has 26 heavy (non-hydrogen) atoms. The summed E-state index contributed by atoms with van der Waals surface area (Å²) in [6.07, 6.45) is 1.26. The van der Waals surface area contributed by atoms with Crippen LogP contribution in [0, 0.1) is 5.82 Å². The number of halogens is 1. The predicted octanol–water partition coefficient (Wildman–Crippen LogP) is 2.14. The Morgan fingerprint density at radius 3 is 2.73 bits per heavy atom. The molecule has 0 spiro atoms. The smallest absolute Gasteiger partial charge is 0.255 e. The fourth-order valence-electron chi connectivity index (χ4n) is 2.32. The van der Waals surface area contributed by atoms with Gasteiger partial charge in [0, 0.05) is 18.7 Å². The molecule has 0 unspecified atom stereocenters. The summed E-state index contributed by atoms with van der Waals surface area (Å²) in [6, 6.07) is 11.1. The number of hydrogen-bond donors (Lipinski definition) is 2. The van der Waals surface area contributed by atoms with E-state index in [0.717, 1.165) is 17.2 Å². The molecule has 3 rings (SSSR count). The molecule has 0 aliphatic rings. The van der Waals surface area contributed by atoms with Gasteiger partial charge in [-0.05, 0) is 23.8 Å². The Hall–Kier alpha value is -3.26. The third-order valence-corrected chi connectivity index (χ3v) is 3.59. The van der Waals surface area contributed by atoms with Crippen LogP contribution in [0.2, 0.25) is 0 Å². The first-order chi connectivity index (χ1) is 12.7. The average Bonchev–Trinajstić information content (AvgIpc) is 3.20. The molecule has 3 N–H and O–H groups in total. The maximum absolute atomic E-state index is 13.5. The topological polar surface area (TPSA) is 103 Å². The maximum atomic E-state index is 13.5. The monoisotopic (exact) mass is 356 g/mol. The van der Waals surface area contributed by atoms with E-state index in [9.17, 15) is 9.18 Å². The number of carbonyl (C=O) groups excluding carboxylic acids is 1. The van der Waals surface area contributed by atoms with Crippen molar-refractivity contribution >= 4 is 5.91 Å². The highest BCUT2D eigenvalue weighted by atomic mass is 19.1. The summed E-state index contributed by atoms with van der Waals surface area (Å²) in [6.45, 7) is 0.812. The van der Waals surface area contributed by atoms with E-state index in [1.807, 2.05) is 24.3 Å². The Morgan fingerprint density at radius 2 is 2.04 bits per heavy atom. The second-order valence-corrected chi connectivity index (χ2v) is 5.41. The first-order valence-electron chi connectivity index (χ1n) is 7.93. The number of hydrogen-bond acceptors (Lipinski definition) is 6. The van der Waals surface area contributed by atoms with E-state index in [1.165, 1.54) is 18.5 Å². The molecule has 0 aliphatic heterocycles. The number of nitrogens with zero attached hydrogens (tertiary/aromatic N) is 2. The zero-order valence-electron chi connectivity index (χ0n) is 13.8. The first-order valence-corrected chi connectivity index (χ1v) is 7.93. The Labute approximate surface area is 149 Å². The van der Waals surface area contributed by atoms with Gasteiger partial charge in [-0.2, -0.15) is 4.98 Å². The van der Waals surface area contributed by atoms with E-state index >= 15 is 0 Å². The van der Waals surface area contributed by atoms with Crippen LogP contribution in [0.25, 0.3) is 11.4 Å². The summed E-state index contributed by atoms with van der Waals surface area (Å²) in [5.74, 6) is -0.165. The molecule has 0 bridgehead atoms. The lowest BCUT2D eigenvalue weighted by atomic mass is 10.1. The third-order valence-electron chi connectivity index (χ3n) is 3.59. The van der Waals surface area contributed by atoms with Gasteiger partial charge in [-0.25, -0.2) is 4.39 Å². The van der Waals surface area contributed by atoms with Crippen LogP contribution >= 0.6 is 0 Å². The Balaban J connectivity index is 1.66. The first kappa shape index (κ1) is 17.6. The van der Waals surface area contributed by atoms with E-state index in [1.54, 1.807) is 0 Å². The van der Waals surface area contributed by atoms with Crippen LogP contribution in [-0.2, 0) is 6.54 Å². The van der Waals surface area contributed by atoms with Gasteiger partial charge in [0.1, 0.15) is 18.2 Å². The van der Waals surface area contributed by atoms with Crippen molar-refractivity contribution in [1.82, 2.24) is 15.5 Å². The molecule has 1 heterocycles. The molecule has 8 heteroatoms. The molecule has 1 aromatic heterocycles. The summed E-state index contributed by atoms with van der Waals surface area (Å²) in [5, 5.41) is 6.51. The van der Waals surface area contributed by atoms with Crippen LogP contribution < -0.4 is 15.8 Å². The highest BCUT2D eigenvalue weighted by Gasteiger charge is 2.14. The van der Waals surface area contributed by atoms with Gasteiger partial charge in [0.25, 0.3) is 5.91 Å². The lowest BCUT2D eigenvalue weighted by molar-refractivity contribution is 0.0946. The van der Waals surface area contributed by atoms with E-state index in [4.69, 9.17) is 15.0 Å². The molecule has 0 saturated carbocycles. The minimum absolute atomic E-state index is 0.127. The van der Waals surface area contributed by atoms with E-state index in [2.05, 4.69) is 15.5 Å². The van der Waals surface area contributed by atoms with Gasteiger partial charge in [0.15, 0.2) is 0 Å². The molecule has 7 nitrogen and oxygen atoms in total.